The normalized spacial score (nSPS) is 41.9. The van der Waals surface area contributed by atoms with Crippen molar-refractivity contribution in [3.63, 3.8) is 0 Å². The van der Waals surface area contributed by atoms with E-state index in [4.69, 9.17) is 0 Å². The van der Waals surface area contributed by atoms with E-state index in [1.807, 2.05) is 12.1 Å². The van der Waals surface area contributed by atoms with Crippen molar-refractivity contribution >= 4 is 6.08 Å². The number of hydrogen-bond acceptors (Lipinski definition) is 2. The summed E-state index contributed by atoms with van der Waals surface area (Å²) in [6.45, 7) is 2.28. The summed E-state index contributed by atoms with van der Waals surface area (Å²) in [6, 6.07) is 5.78. The summed E-state index contributed by atoms with van der Waals surface area (Å²) >= 11 is 0. The summed E-state index contributed by atoms with van der Waals surface area (Å²) in [5, 5.41) is 20.0. The van der Waals surface area contributed by atoms with E-state index in [-0.39, 0.29) is 11.5 Å². The van der Waals surface area contributed by atoms with Gasteiger partial charge in [-0.15, -0.1) is 0 Å². The molecule has 106 valence electrons. The van der Waals surface area contributed by atoms with E-state index in [2.05, 4.69) is 25.1 Å². The lowest BCUT2D eigenvalue weighted by molar-refractivity contribution is -0.00797. The van der Waals surface area contributed by atoms with Crippen molar-refractivity contribution in [1.82, 2.24) is 0 Å². The minimum Gasteiger partial charge on any atom is -0.508 e. The lowest BCUT2D eigenvalue weighted by Gasteiger charge is -2.48. The number of rotatable bonds is 0. The van der Waals surface area contributed by atoms with Gasteiger partial charge in [0.05, 0.1) is 6.10 Å². The Morgan fingerprint density at radius 1 is 1.20 bits per heavy atom. The number of aliphatic hydroxyl groups excluding tert-OH is 1. The van der Waals surface area contributed by atoms with E-state index in [1.165, 1.54) is 11.1 Å². The summed E-state index contributed by atoms with van der Waals surface area (Å²) in [5.74, 6) is 2.08. The second-order valence-corrected chi connectivity index (χ2v) is 7.10. The first-order chi connectivity index (χ1) is 9.59. The van der Waals surface area contributed by atoms with Gasteiger partial charge in [-0.05, 0) is 72.1 Å². The van der Waals surface area contributed by atoms with E-state index in [0.717, 1.165) is 25.7 Å². The molecule has 1 aromatic carbocycles. The molecule has 3 aliphatic carbocycles. The van der Waals surface area contributed by atoms with Crippen LogP contribution in [-0.4, -0.2) is 16.3 Å². The van der Waals surface area contributed by atoms with E-state index in [0.29, 0.717) is 23.5 Å². The van der Waals surface area contributed by atoms with Gasteiger partial charge in [0, 0.05) is 0 Å². The number of aliphatic hydroxyl groups is 1. The maximum absolute atomic E-state index is 10.3. The zero-order chi connectivity index (χ0) is 13.9. The predicted molar refractivity (Wildman–Crippen MR) is 79.4 cm³/mol. The lowest BCUT2D eigenvalue weighted by Crippen LogP contribution is -2.42. The molecular weight excluding hydrogens is 248 g/mol. The highest BCUT2D eigenvalue weighted by Crippen LogP contribution is 2.60. The van der Waals surface area contributed by atoms with E-state index >= 15 is 0 Å². The fourth-order valence-electron chi connectivity index (χ4n) is 5.06. The first-order valence-electron chi connectivity index (χ1n) is 7.79. The fraction of sp³-hybridized carbons (Fsp3) is 0.556. The summed E-state index contributed by atoms with van der Waals surface area (Å²) in [4.78, 5) is 0. The largest absolute Gasteiger partial charge is 0.508 e. The molecule has 2 heteroatoms. The number of allylic oxidation sites excluding steroid dienone is 1. The molecule has 1 aromatic rings. The molecule has 2 fully saturated rings. The van der Waals surface area contributed by atoms with Gasteiger partial charge in [-0.25, -0.2) is 0 Å². The molecular formula is C18H22O2. The first kappa shape index (κ1) is 12.5. The van der Waals surface area contributed by atoms with Crippen LogP contribution >= 0.6 is 0 Å². The van der Waals surface area contributed by atoms with Crippen molar-refractivity contribution in [3.05, 3.63) is 35.4 Å². The number of aromatic hydroxyl groups is 1. The Hall–Kier alpha value is -1.28. The molecule has 0 amide bonds. The number of phenolic OH excluding ortho intramolecular Hbond substituents is 1. The van der Waals surface area contributed by atoms with Crippen LogP contribution in [0.4, 0.5) is 0 Å². The standard InChI is InChI=1S/C18H22O2/c1-18-9-8-14-13-5-3-12(19)10-11(13)2-4-15(14)16(18)6-7-17(18)20/h2-5,10,14-17,19-20H,6-9H2,1H3/t14-,15-,16+,17?,18+/m1/s1. The number of fused-ring (bicyclic) bond motifs is 5. The molecule has 0 aromatic heterocycles. The van der Waals surface area contributed by atoms with Gasteiger partial charge in [0.25, 0.3) is 0 Å². The van der Waals surface area contributed by atoms with Crippen molar-refractivity contribution in [3.8, 4) is 5.75 Å². The molecule has 2 nitrogen and oxygen atoms in total. The molecule has 1 unspecified atom stereocenters. The van der Waals surface area contributed by atoms with Crippen LogP contribution in [0.15, 0.2) is 24.3 Å². The van der Waals surface area contributed by atoms with Crippen molar-refractivity contribution in [2.24, 2.45) is 17.3 Å². The fourth-order valence-corrected chi connectivity index (χ4v) is 5.06. The Bertz CT molecular complexity index is 577. The Balaban J connectivity index is 1.75. The summed E-state index contributed by atoms with van der Waals surface area (Å²) < 4.78 is 0. The molecule has 0 heterocycles. The molecule has 5 atom stereocenters. The zero-order valence-electron chi connectivity index (χ0n) is 11.9. The SMILES string of the molecule is C[C@]12CC[C@@H]3c4ccc(O)cc4C=C[C@H]3[C@@H]1CCC2O. The minimum absolute atomic E-state index is 0.111. The Kier molecular flexibility index (Phi) is 2.56. The Morgan fingerprint density at radius 3 is 2.90 bits per heavy atom. The second kappa shape index (κ2) is 4.11. The van der Waals surface area contributed by atoms with Crippen LogP contribution in [-0.2, 0) is 0 Å². The van der Waals surface area contributed by atoms with Crippen molar-refractivity contribution in [2.45, 2.75) is 44.6 Å². The first-order valence-corrected chi connectivity index (χ1v) is 7.79. The smallest absolute Gasteiger partial charge is 0.116 e. The molecule has 0 radical (unpaired) electrons. The highest BCUT2D eigenvalue weighted by molar-refractivity contribution is 5.60. The average molecular weight is 270 g/mol. The number of hydrogen-bond donors (Lipinski definition) is 2. The van der Waals surface area contributed by atoms with Gasteiger partial charge < -0.3 is 10.2 Å². The van der Waals surface area contributed by atoms with Gasteiger partial charge in [-0.3, -0.25) is 0 Å². The van der Waals surface area contributed by atoms with Crippen molar-refractivity contribution in [1.29, 1.82) is 0 Å². The second-order valence-electron chi connectivity index (χ2n) is 7.10. The van der Waals surface area contributed by atoms with E-state index in [1.54, 1.807) is 0 Å². The summed E-state index contributed by atoms with van der Waals surface area (Å²) in [7, 11) is 0. The number of benzene rings is 1. The lowest BCUT2D eigenvalue weighted by atomic mass is 9.57. The van der Waals surface area contributed by atoms with Gasteiger partial charge in [-0.1, -0.05) is 25.1 Å². The monoisotopic (exact) mass is 270 g/mol. The zero-order valence-corrected chi connectivity index (χ0v) is 11.9. The molecule has 20 heavy (non-hydrogen) atoms. The quantitative estimate of drug-likeness (QED) is 0.755. The third kappa shape index (κ3) is 1.54. The van der Waals surface area contributed by atoms with Crippen LogP contribution in [0.3, 0.4) is 0 Å². The Labute approximate surface area is 120 Å². The molecule has 2 N–H and O–H groups in total. The maximum Gasteiger partial charge on any atom is 0.116 e. The molecule has 3 aliphatic rings. The van der Waals surface area contributed by atoms with Gasteiger partial charge in [0.1, 0.15) is 5.75 Å². The van der Waals surface area contributed by atoms with Crippen LogP contribution < -0.4 is 0 Å². The molecule has 0 aliphatic heterocycles. The predicted octanol–water partition coefficient (Wildman–Crippen LogP) is 3.69. The molecule has 0 saturated heterocycles. The molecule has 0 bridgehead atoms. The highest BCUT2D eigenvalue weighted by Gasteiger charge is 2.53. The van der Waals surface area contributed by atoms with Crippen LogP contribution in [0.2, 0.25) is 0 Å². The van der Waals surface area contributed by atoms with Crippen LogP contribution in [0.25, 0.3) is 6.08 Å². The summed E-state index contributed by atoms with van der Waals surface area (Å²) in [5.41, 5.74) is 2.67. The average Bonchev–Trinajstić information content (AvgIpc) is 2.74. The van der Waals surface area contributed by atoms with E-state index in [9.17, 15) is 10.2 Å². The van der Waals surface area contributed by atoms with Crippen molar-refractivity contribution in [2.75, 3.05) is 0 Å². The van der Waals surface area contributed by atoms with E-state index < -0.39 is 0 Å². The Morgan fingerprint density at radius 2 is 2.05 bits per heavy atom. The van der Waals surface area contributed by atoms with Gasteiger partial charge in [-0.2, -0.15) is 0 Å². The third-order valence-corrected chi connectivity index (χ3v) is 6.25. The van der Waals surface area contributed by atoms with Crippen molar-refractivity contribution < 1.29 is 10.2 Å². The van der Waals surface area contributed by atoms with Crippen LogP contribution in [0.1, 0.15) is 49.7 Å². The van der Waals surface area contributed by atoms with Crippen LogP contribution in [0.5, 0.6) is 5.75 Å². The maximum atomic E-state index is 10.3. The molecule has 2 saturated carbocycles. The van der Waals surface area contributed by atoms with Gasteiger partial charge >= 0.3 is 0 Å². The molecule has 4 rings (SSSR count). The highest BCUT2D eigenvalue weighted by atomic mass is 16.3. The third-order valence-electron chi connectivity index (χ3n) is 6.25. The topological polar surface area (TPSA) is 40.5 Å². The molecule has 0 spiro atoms. The van der Waals surface area contributed by atoms with Gasteiger partial charge in [0.2, 0.25) is 0 Å². The van der Waals surface area contributed by atoms with Crippen LogP contribution in [0, 0.1) is 17.3 Å². The number of phenols is 1. The summed E-state index contributed by atoms with van der Waals surface area (Å²) in [6.07, 6.45) is 8.77. The minimum atomic E-state index is -0.122. The van der Waals surface area contributed by atoms with Gasteiger partial charge in [0.15, 0.2) is 0 Å².